The minimum Gasteiger partial charge on any atom is -0.369 e. The van der Waals surface area contributed by atoms with Crippen molar-refractivity contribution in [1.82, 2.24) is 19.5 Å². The first-order chi connectivity index (χ1) is 10.4. The fourth-order valence-electron chi connectivity index (χ4n) is 2.80. The van der Waals surface area contributed by atoms with E-state index in [0.29, 0.717) is 37.3 Å². The Morgan fingerprint density at radius 1 is 1.32 bits per heavy atom. The molecule has 22 heavy (non-hydrogen) atoms. The van der Waals surface area contributed by atoms with Crippen molar-refractivity contribution < 1.29 is 9.59 Å². The van der Waals surface area contributed by atoms with E-state index in [9.17, 15) is 9.59 Å². The zero-order valence-corrected chi connectivity index (χ0v) is 12.7. The van der Waals surface area contributed by atoms with Crippen molar-refractivity contribution in [3.63, 3.8) is 0 Å². The van der Waals surface area contributed by atoms with Crippen LogP contribution < -0.4 is 5.73 Å². The van der Waals surface area contributed by atoms with Gasteiger partial charge in [-0.15, -0.1) is 0 Å². The molecular weight excluding hydrogens is 282 g/mol. The molecule has 2 aromatic rings. The van der Waals surface area contributed by atoms with Crippen molar-refractivity contribution in [1.29, 1.82) is 0 Å². The van der Waals surface area contributed by atoms with E-state index in [0.717, 1.165) is 5.69 Å². The Kier molecular flexibility index (Phi) is 3.35. The molecule has 0 aliphatic carbocycles. The Morgan fingerprint density at radius 2 is 2.00 bits per heavy atom. The molecule has 0 atom stereocenters. The lowest BCUT2D eigenvalue weighted by Crippen LogP contribution is -2.47. The molecule has 0 saturated carbocycles. The molecule has 1 saturated heterocycles. The molecule has 0 aromatic carbocycles. The Bertz CT molecular complexity index is 743. The molecule has 7 nitrogen and oxygen atoms in total. The van der Waals surface area contributed by atoms with E-state index in [1.807, 2.05) is 13.8 Å². The average Bonchev–Trinajstić information content (AvgIpc) is 2.94. The van der Waals surface area contributed by atoms with Crippen LogP contribution in [0.2, 0.25) is 0 Å². The monoisotopic (exact) mass is 301 g/mol. The number of nitrogens with zero attached hydrogens (tertiary/aromatic N) is 4. The third kappa shape index (κ3) is 2.32. The fourth-order valence-corrected chi connectivity index (χ4v) is 2.80. The van der Waals surface area contributed by atoms with Gasteiger partial charge >= 0.3 is 0 Å². The normalized spacial score (nSPS) is 17.6. The van der Waals surface area contributed by atoms with E-state index in [2.05, 4.69) is 10.1 Å². The largest absolute Gasteiger partial charge is 0.369 e. The van der Waals surface area contributed by atoms with Crippen molar-refractivity contribution in [3.8, 4) is 0 Å². The first-order valence-electron chi connectivity index (χ1n) is 7.31. The summed E-state index contributed by atoms with van der Waals surface area (Å²) in [5.74, 6) is -0.389. The highest BCUT2D eigenvalue weighted by Crippen LogP contribution is 2.31. The van der Waals surface area contributed by atoms with Crippen LogP contribution in [0.3, 0.4) is 0 Å². The van der Waals surface area contributed by atoms with Gasteiger partial charge in [0.25, 0.3) is 5.91 Å². The molecule has 116 valence electrons. The van der Waals surface area contributed by atoms with Gasteiger partial charge in [0.1, 0.15) is 5.69 Å². The minimum atomic E-state index is -0.522. The van der Waals surface area contributed by atoms with Gasteiger partial charge in [0, 0.05) is 30.3 Å². The molecule has 3 heterocycles. The molecule has 1 aliphatic rings. The topological polar surface area (TPSA) is 93.6 Å². The lowest BCUT2D eigenvalue weighted by atomic mass is 9.80. The highest BCUT2D eigenvalue weighted by Gasteiger charge is 2.37. The second-order valence-corrected chi connectivity index (χ2v) is 6.10. The van der Waals surface area contributed by atoms with Crippen LogP contribution >= 0.6 is 0 Å². The minimum absolute atomic E-state index is 0.0919. The van der Waals surface area contributed by atoms with Gasteiger partial charge in [-0.1, -0.05) is 6.92 Å². The summed E-state index contributed by atoms with van der Waals surface area (Å²) < 4.78 is 1.55. The number of amides is 2. The van der Waals surface area contributed by atoms with E-state index in [4.69, 9.17) is 5.73 Å². The highest BCUT2D eigenvalue weighted by molar-refractivity contribution is 5.93. The van der Waals surface area contributed by atoms with E-state index < -0.39 is 5.41 Å². The van der Waals surface area contributed by atoms with E-state index in [1.165, 1.54) is 0 Å². The standard InChI is InChI=1S/C15H19N5O2/c1-10-9-11(20-12(18-10)3-6-17-20)13(21)19-7-4-15(2,5-8-19)14(16)22/h3,6,9H,4-5,7-8H2,1-2H3,(H2,16,22). The maximum atomic E-state index is 12.8. The van der Waals surface area contributed by atoms with Crippen LogP contribution in [0.15, 0.2) is 18.3 Å². The number of aryl methyl sites for hydroxylation is 1. The molecule has 7 heteroatoms. The Hall–Kier alpha value is -2.44. The fraction of sp³-hybridized carbons (Fsp3) is 0.467. The van der Waals surface area contributed by atoms with Gasteiger partial charge < -0.3 is 10.6 Å². The summed E-state index contributed by atoms with van der Waals surface area (Å²) in [5, 5.41) is 4.17. The van der Waals surface area contributed by atoms with Crippen molar-refractivity contribution >= 4 is 17.5 Å². The zero-order valence-electron chi connectivity index (χ0n) is 12.7. The van der Waals surface area contributed by atoms with Crippen LogP contribution in [0.1, 0.15) is 35.9 Å². The summed E-state index contributed by atoms with van der Waals surface area (Å²) in [6.45, 7) is 4.74. The molecule has 2 N–H and O–H groups in total. The molecule has 0 bridgehead atoms. The second-order valence-electron chi connectivity index (χ2n) is 6.10. The van der Waals surface area contributed by atoms with Crippen LogP contribution in [0.4, 0.5) is 0 Å². The number of carbonyl (C=O) groups excluding carboxylic acids is 2. The van der Waals surface area contributed by atoms with Crippen LogP contribution in [-0.4, -0.2) is 44.4 Å². The van der Waals surface area contributed by atoms with E-state index in [1.54, 1.807) is 27.7 Å². The third-order valence-electron chi connectivity index (χ3n) is 4.46. The Morgan fingerprint density at radius 3 is 2.64 bits per heavy atom. The van der Waals surface area contributed by atoms with Crippen molar-refractivity contribution in [2.24, 2.45) is 11.1 Å². The van der Waals surface area contributed by atoms with Crippen LogP contribution in [0, 0.1) is 12.3 Å². The number of hydrogen-bond donors (Lipinski definition) is 1. The number of primary amides is 1. The number of nitrogens with two attached hydrogens (primary N) is 1. The molecule has 0 radical (unpaired) electrons. The van der Waals surface area contributed by atoms with Gasteiger partial charge in [0.15, 0.2) is 5.65 Å². The Labute approximate surface area is 128 Å². The number of hydrogen-bond acceptors (Lipinski definition) is 4. The van der Waals surface area contributed by atoms with Gasteiger partial charge in [-0.3, -0.25) is 9.59 Å². The van der Waals surface area contributed by atoms with Gasteiger partial charge in [0.05, 0.1) is 6.20 Å². The molecular formula is C15H19N5O2. The molecule has 2 amide bonds. The molecule has 0 unspecified atom stereocenters. The maximum absolute atomic E-state index is 12.8. The number of rotatable bonds is 2. The maximum Gasteiger partial charge on any atom is 0.272 e. The van der Waals surface area contributed by atoms with Gasteiger partial charge in [-0.25, -0.2) is 9.50 Å². The molecule has 1 aliphatic heterocycles. The quantitative estimate of drug-likeness (QED) is 0.886. The summed E-state index contributed by atoms with van der Waals surface area (Å²) in [6, 6.07) is 3.51. The summed E-state index contributed by atoms with van der Waals surface area (Å²) in [6.07, 6.45) is 2.79. The summed E-state index contributed by atoms with van der Waals surface area (Å²) >= 11 is 0. The lowest BCUT2D eigenvalue weighted by molar-refractivity contribution is -0.129. The smallest absolute Gasteiger partial charge is 0.272 e. The van der Waals surface area contributed by atoms with E-state index >= 15 is 0 Å². The number of likely N-dealkylation sites (tertiary alicyclic amines) is 1. The molecule has 1 fully saturated rings. The SMILES string of the molecule is Cc1cc(C(=O)N2CCC(C)(C(N)=O)CC2)n2nccc2n1. The highest BCUT2D eigenvalue weighted by atomic mass is 16.2. The number of piperidine rings is 1. The van der Waals surface area contributed by atoms with Gasteiger partial charge in [-0.2, -0.15) is 5.10 Å². The predicted octanol–water partition coefficient (Wildman–Crippen LogP) is 0.765. The van der Waals surface area contributed by atoms with Crippen molar-refractivity contribution in [2.75, 3.05) is 13.1 Å². The number of fused-ring (bicyclic) bond motifs is 1. The van der Waals surface area contributed by atoms with Gasteiger partial charge in [-0.05, 0) is 25.8 Å². The summed E-state index contributed by atoms with van der Waals surface area (Å²) in [5.41, 5.74) is 6.85. The number of aromatic nitrogens is 3. The second kappa shape index (κ2) is 5.08. The van der Waals surface area contributed by atoms with Crippen molar-refractivity contribution in [2.45, 2.75) is 26.7 Å². The van der Waals surface area contributed by atoms with Crippen LogP contribution in [-0.2, 0) is 4.79 Å². The first-order valence-corrected chi connectivity index (χ1v) is 7.31. The molecule has 2 aromatic heterocycles. The third-order valence-corrected chi connectivity index (χ3v) is 4.46. The Balaban J connectivity index is 1.86. The lowest BCUT2D eigenvalue weighted by Gasteiger charge is -2.37. The summed E-state index contributed by atoms with van der Waals surface area (Å²) in [7, 11) is 0. The zero-order chi connectivity index (χ0) is 15.9. The van der Waals surface area contributed by atoms with Crippen molar-refractivity contribution in [3.05, 3.63) is 29.7 Å². The average molecular weight is 301 g/mol. The molecule has 0 spiro atoms. The van der Waals surface area contributed by atoms with Crippen LogP contribution in [0.5, 0.6) is 0 Å². The first kappa shape index (κ1) is 14.5. The van der Waals surface area contributed by atoms with Gasteiger partial charge in [0.2, 0.25) is 5.91 Å². The summed E-state index contributed by atoms with van der Waals surface area (Å²) in [4.78, 5) is 30.4. The molecule has 3 rings (SSSR count). The number of carbonyl (C=O) groups is 2. The van der Waals surface area contributed by atoms with Crippen LogP contribution in [0.25, 0.3) is 5.65 Å². The van der Waals surface area contributed by atoms with E-state index in [-0.39, 0.29) is 11.8 Å². The predicted molar refractivity (Wildman–Crippen MR) is 80.2 cm³/mol.